The molecule has 2 rings (SSSR count). The Morgan fingerprint density at radius 1 is 1.53 bits per heavy atom. The molecule has 1 aliphatic rings. The Kier molecular flexibility index (Phi) is 3.76. The molecular formula is C11H17N3O2S. The van der Waals surface area contributed by atoms with Crippen molar-refractivity contribution in [3.8, 4) is 0 Å². The molecule has 1 aromatic heterocycles. The summed E-state index contributed by atoms with van der Waals surface area (Å²) in [7, 11) is -3.48. The zero-order valence-corrected chi connectivity index (χ0v) is 10.6. The Balaban J connectivity index is 2.13. The predicted octanol–water partition coefficient (Wildman–Crippen LogP) is 0.420. The van der Waals surface area contributed by atoms with E-state index in [1.807, 2.05) is 6.92 Å². The van der Waals surface area contributed by atoms with Crippen LogP contribution in [0.2, 0.25) is 0 Å². The van der Waals surface area contributed by atoms with Gasteiger partial charge in [-0.3, -0.25) is 0 Å². The Morgan fingerprint density at radius 3 is 3.00 bits per heavy atom. The lowest BCUT2D eigenvalue weighted by Crippen LogP contribution is -2.45. The van der Waals surface area contributed by atoms with Gasteiger partial charge in [0.15, 0.2) is 5.03 Å². The van der Waals surface area contributed by atoms with Crippen molar-refractivity contribution in [3.05, 3.63) is 23.9 Å². The molecule has 1 aromatic rings. The van der Waals surface area contributed by atoms with Crippen molar-refractivity contribution in [1.29, 1.82) is 0 Å². The molecule has 1 saturated heterocycles. The number of aryl methyl sites for hydroxylation is 1. The van der Waals surface area contributed by atoms with Crippen LogP contribution in [0.15, 0.2) is 23.4 Å². The molecule has 1 atom stereocenters. The summed E-state index contributed by atoms with van der Waals surface area (Å²) in [4.78, 5) is 3.91. The lowest BCUT2D eigenvalue weighted by Gasteiger charge is -2.23. The zero-order valence-electron chi connectivity index (χ0n) is 9.81. The van der Waals surface area contributed by atoms with Gasteiger partial charge >= 0.3 is 0 Å². The van der Waals surface area contributed by atoms with Gasteiger partial charge in [0, 0.05) is 18.8 Å². The van der Waals surface area contributed by atoms with Crippen molar-refractivity contribution in [1.82, 2.24) is 15.0 Å². The average Bonchev–Trinajstić information content (AvgIpc) is 2.30. The molecule has 0 bridgehead atoms. The van der Waals surface area contributed by atoms with Crippen molar-refractivity contribution in [2.45, 2.75) is 30.8 Å². The minimum Gasteiger partial charge on any atom is -0.315 e. The van der Waals surface area contributed by atoms with E-state index in [0.29, 0.717) is 6.54 Å². The van der Waals surface area contributed by atoms with Crippen molar-refractivity contribution < 1.29 is 8.42 Å². The number of nitrogens with one attached hydrogen (secondary N) is 2. The Hall–Kier alpha value is -0.980. The predicted molar refractivity (Wildman–Crippen MR) is 65.2 cm³/mol. The summed E-state index contributed by atoms with van der Waals surface area (Å²) in [5, 5.41) is 3.27. The summed E-state index contributed by atoms with van der Waals surface area (Å²) in [5.41, 5.74) is 0.891. The second-order valence-electron chi connectivity index (χ2n) is 4.34. The molecule has 0 radical (unpaired) electrons. The monoisotopic (exact) mass is 255 g/mol. The Morgan fingerprint density at radius 2 is 2.35 bits per heavy atom. The van der Waals surface area contributed by atoms with Crippen molar-refractivity contribution >= 4 is 10.0 Å². The van der Waals surface area contributed by atoms with Crippen LogP contribution in [0, 0.1) is 6.92 Å². The van der Waals surface area contributed by atoms with Gasteiger partial charge in [-0.05, 0) is 44.0 Å². The standard InChI is InChI=1S/C11H17N3O2S/c1-9-4-6-13-11(7-9)17(15,16)14-10-3-2-5-12-8-10/h4,6-7,10,12,14H,2-3,5,8H2,1H3/t10-/m1/s1. The summed E-state index contributed by atoms with van der Waals surface area (Å²) in [6.45, 7) is 3.49. The van der Waals surface area contributed by atoms with E-state index in [1.165, 1.54) is 6.20 Å². The summed E-state index contributed by atoms with van der Waals surface area (Å²) in [6, 6.07) is 3.33. The maximum absolute atomic E-state index is 12.1. The fourth-order valence-electron chi connectivity index (χ4n) is 1.89. The number of hydrogen-bond donors (Lipinski definition) is 2. The van der Waals surface area contributed by atoms with Gasteiger partial charge in [-0.15, -0.1) is 0 Å². The fraction of sp³-hybridized carbons (Fsp3) is 0.545. The third-order valence-electron chi connectivity index (χ3n) is 2.78. The lowest BCUT2D eigenvalue weighted by molar-refractivity contribution is 0.428. The molecule has 0 saturated carbocycles. The highest BCUT2D eigenvalue weighted by molar-refractivity contribution is 7.89. The Bertz CT molecular complexity index is 481. The highest BCUT2D eigenvalue weighted by Gasteiger charge is 2.22. The van der Waals surface area contributed by atoms with Crippen LogP contribution in [0.3, 0.4) is 0 Å². The summed E-state index contributed by atoms with van der Waals surface area (Å²) >= 11 is 0. The second kappa shape index (κ2) is 5.12. The first-order valence-electron chi connectivity index (χ1n) is 5.74. The van der Waals surface area contributed by atoms with Crippen LogP contribution in [-0.4, -0.2) is 32.5 Å². The molecule has 1 aliphatic heterocycles. The van der Waals surface area contributed by atoms with Gasteiger partial charge in [0.2, 0.25) is 0 Å². The van der Waals surface area contributed by atoms with Crippen LogP contribution in [0.5, 0.6) is 0 Å². The van der Waals surface area contributed by atoms with Gasteiger partial charge in [-0.2, -0.15) is 0 Å². The molecule has 0 aliphatic carbocycles. The molecular weight excluding hydrogens is 238 g/mol. The van der Waals surface area contributed by atoms with Gasteiger partial charge in [0.05, 0.1) is 0 Å². The van der Waals surface area contributed by atoms with Gasteiger partial charge in [-0.25, -0.2) is 18.1 Å². The number of pyridine rings is 1. The summed E-state index contributed by atoms with van der Waals surface area (Å²) in [6.07, 6.45) is 3.38. The van der Waals surface area contributed by atoms with E-state index in [0.717, 1.165) is 24.9 Å². The summed E-state index contributed by atoms with van der Waals surface area (Å²) in [5.74, 6) is 0. The molecule has 5 nitrogen and oxygen atoms in total. The largest absolute Gasteiger partial charge is 0.315 e. The van der Waals surface area contributed by atoms with Gasteiger partial charge in [0.1, 0.15) is 0 Å². The van der Waals surface area contributed by atoms with E-state index >= 15 is 0 Å². The minimum absolute atomic E-state index is 0.0314. The van der Waals surface area contributed by atoms with Crippen LogP contribution >= 0.6 is 0 Å². The van der Waals surface area contributed by atoms with E-state index in [9.17, 15) is 8.42 Å². The Labute approximate surface area is 102 Å². The molecule has 17 heavy (non-hydrogen) atoms. The number of nitrogens with zero attached hydrogens (tertiary/aromatic N) is 1. The van der Waals surface area contributed by atoms with Crippen LogP contribution in [0.1, 0.15) is 18.4 Å². The number of hydrogen-bond acceptors (Lipinski definition) is 4. The zero-order chi connectivity index (χ0) is 12.3. The van der Waals surface area contributed by atoms with Crippen molar-refractivity contribution in [2.24, 2.45) is 0 Å². The van der Waals surface area contributed by atoms with E-state index in [2.05, 4.69) is 15.0 Å². The van der Waals surface area contributed by atoms with Gasteiger partial charge < -0.3 is 5.32 Å². The van der Waals surface area contributed by atoms with Crippen molar-refractivity contribution in [2.75, 3.05) is 13.1 Å². The van der Waals surface area contributed by atoms with Crippen LogP contribution in [0.25, 0.3) is 0 Å². The van der Waals surface area contributed by atoms with Crippen LogP contribution in [0.4, 0.5) is 0 Å². The number of piperidine rings is 1. The van der Waals surface area contributed by atoms with E-state index in [1.54, 1.807) is 12.1 Å². The molecule has 0 unspecified atom stereocenters. The molecule has 2 heterocycles. The first-order valence-corrected chi connectivity index (χ1v) is 7.22. The highest BCUT2D eigenvalue weighted by Crippen LogP contribution is 2.10. The van der Waals surface area contributed by atoms with Crippen molar-refractivity contribution in [3.63, 3.8) is 0 Å². The SMILES string of the molecule is Cc1ccnc(S(=O)(=O)N[C@@H]2CCCNC2)c1. The maximum atomic E-state index is 12.1. The number of aromatic nitrogens is 1. The maximum Gasteiger partial charge on any atom is 0.258 e. The molecule has 0 aromatic carbocycles. The third kappa shape index (κ3) is 3.24. The van der Waals surface area contributed by atoms with E-state index < -0.39 is 10.0 Å². The van der Waals surface area contributed by atoms with Crippen LogP contribution < -0.4 is 10.0 Å². The smallest absolute Gasteiger partial charge is 0.258 e. The fourth-order valence-corrected chi connectivity index (χ4v) is 3.19. The van der Waals surface area contributed by atoms with Gasteiger partial charge in [0.25, 0.3) is 10.0 Å². The minimum atomic E-state index is -3.48. The molecule has 1 fully saturated rings. The first kappa shape index (κ1) is 12.5. The average molecular weight is 255 g/mol. The first-order chi connectivity index (χ1) is 8.08. The normalized spacial score (nSPS) is 21.4. The second-order valence-corrected chi connectivity index (χ2v) is 6.00. The molecule has 2 N–H and O–H groups in total. The van der Waals surface area contributed by atoms with Crippen LogP contribution in [-0.2, 0) is 10.0 Å². The topological polar surface area (TPSA) is 71.1 Å². The number of rotatable bonds is 3. The highest BCUT2D eigenvalue weighted by atomic mass is 32.2. The number of sulfonamides is 1. The molecule has 94 valence electrons. The summed E-state index contributed by atoms with van der Waals surface area (Å²) < 4.78 is 26.8. The van der Waals surface area contributed by atoms with E-state index in [-0.39, 0.29) is 11.1 Å². The van der Waals surface area contributed by atoms with E-state index in [4.69, 9.17) is 0 Å². The quantitative estimate of drug-likeness (QED) is 0.821. The molecule has 0 amide bonds. The third-order valence-corrected chi connectivity index (χ3v) is 4.20. The molecule has 0 spiro atoms. The lowest BCUT2D eigenvalue weighted by atomic mass is 10.1. The van der Waals surface area contributed by atoms with Gasteiger partial charge in [-0.1, -0.05) is 0 Å². The molecule has 6 heteroatoms.